The normalized spacial score (nSPS) is 12.9. The van der Waals surface area contributed by atoms with Gasteiger partial charge in [0.1, 0.15) is 0 Å². The van der Waals surface area contributed by atoms with Gasteiger partial charge in [-0.15, -0.1) is 0 Å². The molecule has 0 aliphatic heterocycles. The maximum absolute atomic E-state index is 5.43. The maximum Gasteiger partial charge on any atom is 0.0929 e. The van der Waals surface area contributed by atoms with E-state index in [0.29, 0.717) is 6.10 Å². The lowest BCUT2D eigenvalue weighted by molar-refractivity contribution is -0.326. The summed E-state index contributed by atoms with van der Waals surface area (Å²) in [5, 5.41) is 0. The molecule has 0 N–H and O–H groups in total. The molecule has 98 valence electrons. The summed E-state index contributed by atoms with van der Waals surface area (Å²) in [6.07, 6.45) is 11.5. The van der Waals surface area contributed by atoms with E-state index in [1.165, 1.54) is 38.5 Å². The molecular formula is C14H30O2. The summed E-state index contributed by atoms with van der Waals surface area (Å²) in [6.45, 7) is 7.27. The largest absolute Gasteiger partial charge is 0.236 e. The minimum atomic E-state index is 0.318. The van der Waals surface area contributed by atoms with Gasteiger partial charge >= 0.3 is 0 Å². The van der Waals surface area contributed by atoms with Crippen molar-refractivity contribution in [3.63, 3.8) is 0 Å². The molecule has 0 saturated carbocycles. The van der Waals surface area contributed by atoms with Crippen molar-refractivity contribution in [2.24, 2.45) is 0 Å². The van der Waals surface area contributed by atoms with Crippen molar-refractivity contribution in [1.82, 2.24) is 0 Å². The number of hydrogen-bond acceptors (Lipinski definition) is 2. The lowest BCUT2D eigenvalue weighted by Crippen LogP contribution is -2.13. The van der Waals surface area contributed by atoms with Crippen molar-refractivity contribution in [2.75, 3.05) is 6.61 Å². The predicted octanol–water partition coefficient (Wildman–Crippen LogP) is 4.87. The van der Waals surface area contributed by atoms with E-state index in [-0.39, 0.29) is 0 Å². The fourth-order valence-corrected chi connectivity index (χ4v) is 1.77. The lowest BCUT2D eigenvalue weighted by Gasteiger charge is -2.15. The van der Waals surface area contributed by atoms with Gasteiger partial charge in [0.25, 0.3) is 0 Å². The molecule has 0 aliphatic carbocycles. The Labute approximate surface area is 102 Å². The van der Waals surface area contributed by atoms with Crippen molar-refractivity contribution >= 4 is 0 Å². The fraction of sp³-hybridized carbons (Fsp3) is 1.00. The molecule has 0 aromatic rings. The molecule has 2 nitrogen and oxygen atoms in total. The molecule has 2 heteroatoms. The van der Waals surface area contributed by atoms with Crippen LogP contribution >= 0.6 is 0 Å². The van der Waals surface area contributed by atoms with E-state index in [2.05, 4.69) is 20.8 Å². The topological polar surface area (TPSA) is 18.5 Å². The zero-order chi connectivity index (χ0) is 12.1. The van der Waals surface area contributed by atoms with Gasteiger partial charge in [-0.3, -0.25) is 0 Å². The van der Waals surface area contributed by atoms with Crippen molar-refractivity contribution in [3.05, 3.63) is 0 Å². The van der Waals surface area contributed by atoms with E-state index in [0.717, 1.165) is 25.9 Å². The van der Waals surface area contributed by atoms with E-state index < -0.39 is 0 Å². The van der Waals surface area contributed by atoms with Crippen LogP contribution in [0.15, 0.2) is 0 Å². The summed E-state index contributed by atoms with van der Waals surface area (Å²) < 4.78 is 0. The highest BCUT2D eigenvalue weighted by Gasteiger charge is 2.08. The highest BCUT2D eigenvalue weighted by molar-refractivity contribution is 4.56. The summed E-state index contributed by atoms with van der Waals surface area (Å²) in [4.78, 5) is 10.6. The molecule has 0 radical (unpaired) electrons. The van der Waals surface area contributed by atoms with Crippen LogP contribution in [0, 0.1) is 0 Å². The third-order valence-corrected chi connectivity index (χ3v) is 2.73. The summed E-state index contributed by atoms with van der Waals surface area (Å²) in [7, 11) is 0. The third kappa shape index (κ3) is 10.4. The second-order valence-corrected chi connectivity index (χ2v) is 4.53. The first kappa shape index (κ1) is 15.9. The molecule has 16 heavy (non-hydrogen) atoms. The Morgan fingerprint density at radius 3 is 2.12 bits per heavy atom. The summed E-state index contributed by atoms with van der Waals surface area (Å²) >= 11 is 0. The van der Waals surface area contributed by atoms with Crippen LogP contribution < -0.4 is 0 Å². The van der Waals surface area contributed by atoms with Gasteiger partial charge in [-0.25, -0.2) is 9.78 Å². The summed E-state index contributed by atoms with van der Waals surface area (Å²) in [6, 6.07) is 0. The van der Waals surface area contributed by atoms with Crippen molar-refractivity contribution in [1.29, 1.82) is 0 Å². The van der Waals surface area contributed by atoms with Gasteiger partial charge in [-0.2, -0.15) is 0 Å². The van der Waals surface area contributed by atoms with Gasteiger partial charge < -0.3 is 0 Å². The molecule has 0 amide bonds. The number of hydrogen-bond donors (Lipinski definition) is 0. The lowest BCUT2D eigenvalue weighted by atomic mass is 10.1. The molecule has 0 heterocycles. The smallest absolute Gasteiger partial charge is 0.0929 e. The van der Waals surface area contributed by atoms with Gasteiger partial charge in [0, 0.05) is 0 Å². The van der Waals surface area contributed by atoms with E-state index in [4.69, 9.17) is 9.78 Å². The summed E-state index contributed by atoms with van der Waals surface area (Å²) in [5.41, 5.74) is 0. The van der Waals surface area contributed by atoms with Crippen LogP contribution in [0.25, 0.3) is 0 Å². The first-order chi connectivity index (χ1) is 7.85. The molecule has 0 aromatic carbocycles. The Hall–Kier alpha value is -0.0800. The Bertz CT molecular complexity index is 126. The standard InChI is InChI=1S/C14H30O2/c1-4-7-8-9-10-12-14(11-5-2)16-15-13-6-3/h14H,4-13H2,1-3H3. The van der Waals surface area contributed by atoms with E-state index in [1.807, 2.05) is 0 Å². The minimum Gasteiger partial charge on any atom is -0.236 e. The van der Waals surface area contributed by atoms with Crippen LogP contribution in [0.4, 0.5) is 0 Å². The van der Waals surface area contributed by atoms with Crippen LogP contribution in [0.2, 0.25) is 0 Å². The monoisotopic (exact) mass is 230 g/mol. The van der Waals surface area contributed by atoms with Gasteiger partial charge in [-0.05, 0) is 19.3 Å². The van der Waals surface area contributed by atoms with Crippen molar-refractivity contribution < 1.29 is 9.78 Å². The zero-order valence-electron chi connectivity index (χ0n) is 11.5. The van der Waals surface area contributed by atoms with Crippen molar-refractivity contribution in [3.8, 4) is 0 Å². The molecule has 0 spiro atoms. The fourth-order valence-electron chi connectivity index (χ4n) is 1.77. The van der Waals surface area contributed by atoms with E-state index in [1.54, 1.807) is 0 Å². The molecule has 0 rings (SSSR count). The minimum absolute atomic E-state index is 0.318. The number of unbranched alkanes of at least 4 members (excludes halogenated alkanes) is 4. The second-order valence-electron chi connectivity index (χ2n) is 4.53. The third-order valence-electron chi connectivity index (χ3n) is 2.73. The molecule has 0 aromatic heterocycles. The molecule has 0 bridgehead atoms. The highest BCUT2D eigenvalue weighted by atomic mass is 17.2. The SMILES string of the molecule is CCCCCCCC(CCC)OOCCC. The average molecular weight is 230 g/mol. The quantitative estimate of drug-likeness (QED) is 0.270. The molecule has 1 unspecified atom stereocenters. The molecular weight excluding hydrogens is 200 g/mol. The van der Waals surface area contributed by atoms with Crippen LogP contribution in [0.3, 0.4) is 0 Å². The van der Waals surface area contributed by atoms with Gasteiger partial charge in [0.15, 0.2) is 0 Å². The van der Waals surface area contributed by atoms with Gasteiger partial charge in [0.2, 0.25) is 0 Å². The van der Waals surface area contributed by atoms with Crippen LogP contribution in [-0.2, 0) is 9.78 Å². The number of rotatable bonds is 12. The first-order valence-electron chi connectivity index (χ1n) is 7.13. The Morgan fingerprint density at radius 1 is 0.750 bits per heavy atom. The molecule has 0 saturated heterocycles. The Morgan fingerprint density at radius 2 is 1.50 bits per heavy atom. The van der Waals surface area contributed by atoms with Gasteiger partial charge in [0.05, 0.1) is 12.7 Å². The average Bonchev–Trinajstić information content (AvgIpc) is 2.29. The van der Waals surface area contributed by atoms with Crippen LogP contribution in [0.1, 0.15) is 78.6 Å². The second kappa shape index (κ2) is 13.0. The molecule has 0 aliphatic rings. The van der Waals surface area contributed by atoms with Crippen LogP contribution in [-0.4, -0.2) is 12.7 Å². The Kier molecular flexibility index (Phi) is 12.9. The zero-order valence-corrected chi connectivity index (χ0v) is 11.5. The van der Waals surface area contributed by atoms with Gasteiger partial charge in [-0.1, -0.05) is 59.3 Å². The predicted molar refractivity (Wildman–Crippen MR) is 69.4 cm³/mol. The van der Waals surface area contributed by atoms with E-state index in [9.17, 15) is 0 Å². The van der Waals surface area contributed by atoms with Crippen molar-refractivity contribution in [2.45, 2.75) is 84.7 Å². The maximum atomic E-state index is 5.43. The first-order valence-corrected chi connectivity index (χ1v) is 7.13. The van der Waals surface area contributed by atoms with E-state index >= 15 is 0 Å². The van der Waals surface area contributed by atoms with Crippen LogP contribution in [0.5, 0.6) is 0 Å². The highest BCUT2D eigenvalue weighted by Crippen LogP contribution is 2.13. The molecule has 1 atom stereocenters. The Balaban J connectivity index is 3.43. The summed E-state index contributed by atoms with van der Waals surface area (Å²) in [5.74, 6) is 0. The molecule has 0 fully saturated rings.